The van der Waals surface area contributed by atoms with Gasteiger partial charge in [-0.25, -0.2) is 4.79 Å². The van der Waals surface area contributed by atoms with Crippen LogP contribution in [0.3, 0.4) is 0 Å². The van der Waals surface area contributed by atoms with Gasteiger partial charge in [-0.2, -0.15) is 0 Å². The van der Waals surface area contributed by atoms with Crippen molar-refractivity contribution in [1.82, 2.24) is 0 Å². The molecule has 2 rings (SSSR count). The van der Waals surface area contributed by atoms with E-state index in [1.807, 2.05) is 0 Å². The summed E-state index contributed by atoms with van der Waals surface area (Å²) in [6.07, 6.45) is -1.00. The number of carbonyl (C=O) groups is 3. The van der Waals surface area contributed by atoms with Gasteiger partial charge in [0.05, 0.1) is 11.3 Å². The van der Waals surface area contributed by atoms with Crippen molar-refractivity contribution in [3.63, 3.8) is 0 Å². The highest BCUT2D eigenvalue weighted by Gasteiger charge is 2.20. The zero-order chi connectivity index (χ0) is 17.7. The summed E-state index contributed by atoms with van der Waals surface area (Å²) in [5.41, 5.74) is 1.13. The smallest absolute Gasteiger partial charge is 0.338 e. The second kappa shape index (κ2) is 7.88. The molecule has 1 unspecified atom stereocenters. The largest absolute Gasteiger partial charge is 0.449 e. The molecule has 0 aliphatic heterocycles. The third-order valence-corrected chi connectivity index (χ3v) is 3.77. The summed E-state index contributed by atoms with van der Waals surface area (Å²) in [4.78, 5) is 35.8. The third-order valence-electron chi connectivity index (χ3n) is 3.28. The maximum Gasteiger partial charge on any atom is 0.338 e. The van der Waals surface area contributed by atoms with Crippen molar-refractivity contribution in [2.45, 2.75) is 20.0 Å². The van der Waals surface area contributed by atoms with Crippen LogP contribution in [0, 0.1) is 0 Å². The van der Waals surface area contributed by atoms with Gasteiger partial charge >= 0.3 is 5.97 Å². The summed E-state index contributed by atoms with van der Waals surface area (Å²) in [5, 5.41) is 2.61. The van der Waals surface area contributed by atoms with Crippen LogP contribution < -0.4 is 5.32 Å². The number of benzene rings is 2. The monoisotopic (exact) mass is 389 g/mol. The van der Waals surface area contributed by atoms with Crippen molar-refractivity contribution in [3.8, 4) is 0 Å². The van der Waals surface area contributed by atoms with E-state index in [9.17, 15) is 14.4 Å². The van der Waals surface area contributed by atoms with E-state index in [0.29, 0.717) is 16.8 Å². The van der Waals surface area contributed by atoms with Crippen LogP contribution >= 0.6 is 15.9 Å². The number of halogens is 1. The molecular weight excluding hydrogens is 374 g/mol. The normalized spacial score (nSPS) is 11.5. The molecule has 0 bridgehead atoms. The predicted octanol–water partition coefficient (Wildman–Crippen LogP) is 3.84. The van der Waals surface area contributed by atoms with E-state index in [0.717, 1.165) is 4.47 Å². The fourth-order valence-electron chi connectivity index (χ4n) is 2.03. The second-order valence-electron chi connectivity index (χ2n) is 5.15. The van der Waals surface area contributed by atoms with E-state index >= 15 is 0 Å². The number of ether oxygens (including phenoxy) is 1. The number of hydrogen-bond donors (Lipinski definition) is 1. The molecule has 0 radical (unpaired) electrons. The maximum atomic E-state index is 12.2. The zero-order valence-corrected chi connectivity index (χ0v) is 14.8. The Bertz CT molecular complexity index is 788. The van der Waals surface area contributed by atoms with Crippen molar-refractivity contribution >= 4 is 39.3 Å². The molecule has 2 aromatic carbocycles. The molecule has 124 valence electrons. The summed E-state index contributed by atoms with van der Waals surface area (Å²) in [6.45, 7) is 2.89. The predicted molar refractivity (Wildman–Crippen MR) is 94.1 cm³/mol. The zero-order valence-electron chi connectivity index (χ0n) is 13.2. The van der Waals surface area contributed by atoms with Crippen LogP contribution in [0.25, 0.3) is 0 Å². The molecule has 0 aromatic heterocycles. The molecule has 0 heterocycles. The number of anilines is 1. The number of ketones is 1. The van der Waals surface area contributed by atoms with Crippen LogP contribution in [0.5, 0.6) is 0 Å². The van der Waals surface area contributed by atoms with Crippen molar-refractivity contribution in [3.05, 3.63) is 64.1 Å². The van der Waals surface area contributed by atoms with Crippen molar-refractivity contribution in [2.75, 3.05) is 5.32 Å². The van der Waals surface area contributed by atoms with E-state index in [1.165, 1.54) is 13.8 Å². The molecule has 1 N–H and O–H groups in total. The van der Waals surface area contributed by atoms with Crippen molar-refractivity contribution < 1.29 is 19.1 Å². The SMILES string of the molecule is CC(=O)c1ccccc1NC(=O)C(C)OC(=O)c1cccc(Br)c1. The van der Waals surface area contributed by atoms with E-state index < -0.39 is 18.0 Å². The average molecular weight is 390 g/mol. The Balaban J connectivity index is 2.05. The summed E-state index contributed by atoms with van der Waals surface area (Å²) >= 11 is 3.27. The number of amides is 1. The molecule has 6 heteroatoms. The van der Waals surface area contributed by atoms with Crippen LogP contribution in [0.15, 0.2) is 53.0 Å². The standard InChI is InChI=1S/C18H16BrNO4/c1-11(21)15-8-3-4-9-16(15)20-17(22)12(2)24-18(23)13-6-5-7-14(19)10-13/h3-10,12H,1-2H3,(H,20,22). The van der Waals surface area contributed by atoms with Gasteiger partial charge in [-0.15, -0.1) is 0 Å². The van der Waals surface area contributed by atoms with Gasteiger partial charge in [0, 0.05) is 10.0 Å². The Kier molecular flexibility index (Phi) is 5.87. The molecule has 1 amide bonds. The Morgan fingerprint density at radius 2 is 1.79 bits per heavy atom. The summed E-state index contributed by atoms with van der Waals surface area (Å²) in [5.74, 6) is -1.27. The summed E-state index contributed by atoms with van der Waals surface area (Å²) in [7, 11) is 0. The minimum absolute atomic E-state index is 0.162. The van der Waals surface area contributed by atoms with Gasteiger partial charge in [-0.3, -0.25) is 9.59 Å². The van der Waals surface area contributed by atoms with Crippen LogP contribution in [0.1, 0.15) is 34.6 Å². The van der Waals surface area contributed by atoms with Gasteiger partial charge in [0.1, 0.15) is 0 Å². The lowest BCUT2D eigenvalue weighted by Crippen LogP contribution is -2.30. The average Bonchev–Trinajstić information content (AvgIpc) is 2.55. The van der Waals surface area contributed by atoms with Crippen LogP contribution in [0.2, 0.25) is 0 Å². The van der Waals surface area contributed by atoms with Gasteiger partial charge in [0.15, 0.2) is 11.9 Å². The maximum absolute atomic E-state index is 12.2. The summed E-state index contributed by atoms with van der Waals surface area (Å²) in [6, 6.07) is 13.4. The van der Waals surface area contributed by atoms with Crippen LogP contribution in [-0.2, 0) is 9.53 Å². The molecule has 2 aromatic rings. The molecule has 0 fully saturated rings. The van der Waals surface area contributed by atoms with Gasteiger partial charge in [-0.05, 0) is 44.2 Å². The number of Topliss-reactive ketones (excluding diaryl/α,β-unsaturated/α-hetero) is 1. The molecule has 5 nitrogen and oxygen atoms in total. The molecule has 0 aliphatic carbocycles. The molecule has 0 spiro atoms. The number of nitrogens with one attached hydrogen (secondary N) is 1. The van der Waals surface area contributed by atoms with Crippen LogP contribution in [0.4, 0.5) is 5.69 Å². The van der Waals surface area contributed by atoms with Crippen LogP contribution in [-0.4, -0.2) is 23.8 Å². The molecule has 0 saturated carbocycles. The number of rotatable bonds is 5. The second-order valence-corrected chi connectivity index (χ2v) is 6.06. The number of para-hydroxylation sites is 1. The van der Waals surface area contributed by atoms with E-state index in [-0.39, 0.29) is 5.78 Å². The minimum Gasteiger partial charge on any atom is -0.449 e. The van der Waals surface area contributed by atoms with Crippen molar-refractivity contribution in [2.24, 2.45) is 0 Å². The first kappa shape index (κ1) is 17.9. The first-order chi connectivity index (χ1) is 11.4. The first-order valence-electron chi connectivity index (χ1n) is 7.26. The van der Waals surface area contributed by atoms with Gasteiger partial charge in [0.2, 0.25) is 0 Å². The lowest BCUT2D eigenvalue weighted by atomic mass is 10.1. The highest BCUT2D eigenvalue weighted by molar-refractivity contribution is 9.10. The lowest BCUT2D eigenvalue weighted by Gasteiger charge is -2.15. The Morgan fingerprint density at radius 3 is 2.46 bits per heavy atom. The van der Waals surface area contributed by atoms with Gasteiger partial charge < -0.3 is 10.1 Å². The number of esters is 1. The highest BCUT2D eigenvalue weighted by atomic mass is 79.9. The highest BCUT2D eigenvalue weighted by Crippen LogP contribution is 2.17. The quantitative estimate of drug-likeness (QED) is 0.622. The first-order valence-corrected chi connectivity index (χ1v) is 8.05. The fraction of sp³-hybridized carbons (Fsp3) is 0.167. The van der Waals surface area contributed by atoms with Gasteiger partial charge in [-0.1, -0.05) is 34.1 Å². The van der Waals surface area contributed by atoms with Crippen molar-refractivity contribution in [1.29, 1.82) is 0 Å². The summed E-state index contributed by atoms with van der Waals surface area (Å²) < 4.78 is 5.91. The van der Waals surface area contributed by atoms with Gasteiger partial charge in [0.25, 0.3) is 5.91 Å². The topological polar surface area (TPSA) is 72.5 Å². The molecular formula is C18H16BrNO4. The molecule has 0 aliphatic rings. The lowest BCUT2D eigenvalue weighted by molar-refractivity contribution is -0.123. The van der Waals surface area contributed by atoms with E-state index in [2.05, 4.69) is 21.2 Å². The number of carbonyl (C=O) groups excluding carboxylic acids is 3. The third kappa shape index (κ3) is 4.52. The molecule has 0 saturated heterocycles. The van der Waals surface area contributed by atoms with E-state index in [1.54, 1.807) is 48.5 Å². The molecule has 1 atom stereocenters. The number of hydrogen-bond acceptors (Lipinski definition) is 4. The minimum atomic E-state index is -1.00. The molecule has 24 heavy (non-hydrogen) atoms. The Morgan fingerprint density at radius 1 is 1.08 bits per heavy atom. The Hall–Kier alpha value is -2.47. The fourth-order valence-corrected chi connectivity index (χ4v) is 2.43. The van der Waals surface area contributed by atoms with E-state index in [4.69, 9.17) is 4.74 Å². The Labute approximate surface area is 148 Å².